The van der Waals surface area contributed by atoms with Crippen molar-refractivity contribution < 1.29 is 22.0 Å². The highest BCUT2D eigenvalue weighted by molar-refractivity contribution is 5.76. The van der Waals surface area contributed by atoms with Gasteiger partial charge in [-0.3, -0.25) is 4.79 Å². The maximum atomic E-state index is 12.7. The maximum Gasteiger partial charge on any atom is 0.449 e. The number of hydrogen-bond acceptors (Lipinski definition) is 2. The largest absolute Gasteiger partial charge is 0.451 e. The van der Waals surface area contributed by atoms with Crippen molar-refractivity contribution in [3.8, 4) is 0 Å². The molecule has 0 N–H and O–H groups in total. The molecular formula is C10H4F4O2. The van der Waals surface area contributed by atoms with E-state index in [1.807, 2.05) is 0 Å². The van der Waals surface area contributed by atoms with Crippen molar-refractivity contribution in [3.05, 3.63) is 46.1 Å². The molecule has 1 heterocycles. The van der Waals surface area contributed by atoms with Crippen molar-refractivity contribution in [2.45, 2.75) is 6.18 Å². The van der Waals surface area contributed by atoms with Crippen LogP contribution in [-0.2, 0) is 6.18 Å². The van der Waals surface area contributed by atoms with Crippen LogP contribution in [0.2, 0.25) is 0 Å². The summed E-state index contributed by atoms with van der Waals surface area (Å²) in [7, 11) is 0. The quantitative estimate of drug-likeness (QED) is 0.653. The molecule has 0 aliphatic rings. The highest BCUT2D eigenvalue weighted by atomic mass is 19.4. The van der Waals surface area contributed by atoms with Crippen molar-refractivity contribution in [2.75, 3.05) is 0 Å². The summed E-state index contributed by atoms with van der Waals surface area (Å²) >= 11 is 0. The second-order valence-corrected chi connectivity index (χ2v) is 3.11. The van der Waals surface area contributed by atoms with Gasteiger partial charge in [-0.15, -0.1) is 0 Å². The lowest BCUT2D eigenvalue weighted by Gasteiger charge is -2.05. The Balaban J connectivity index is 2.79. The number of hydrogen-bond donors (Lipinski definition) is 0. The third-order valence-corrected chi connectivity index (χ3v) is 1.97. The predicted molar refractivity (Wildman–Crippen MR) is 47.4 cm³/mol. The zero-order chi connectivity index (χ0) is 11.9. The fraction of sp³-hybridized carbons (Fsp3) is 0.100. The summed E-state index contributed by atoms with van der Waals surface area (Å²) in [5.74, 6) is -2.10. The van der Waals surface area contributed by atoms with E-state index >= 15 is 0 Å². The Morgan fingerprint density at radius 1 is 1.12 bits per heavy atom. The monoisotopic (exact) mass is 232 g/mol. The fourth-order valence-electron chi connectivity index (χ4n) is 1.27. The summed E-state index contributed by atoms with van der Waals surface area (Å²) in [5.41, 5.74) is -1.21. The van der Waals surface area contributed by atoms with Gasteiger partial charge in [0, 0.05) is 6.07 Å². The summed E-state index contributed by atoms with van der Waals surface area (Å²) < 4.78 is 54.0. The number of halogens is 4. The minimum absolute atomic E-state index is 0.215. The molecule has 84 valence electrons. The molecule has 0 amide bonds. The van der Waals surface area contributed by atoms with Crippen LogP contribution >= 0.6 is 0 Å². The first-order valence-electron chi connectivity index (χ1n) is 4.18. The Labute approximate surface area is 86.1 Å². The third-order valence-electron chi connectivity index (χ3n) is 1.97. The van der Waals surface area contributed by atoms with Gasteiger partial charge in [-0.2, -0.15) is 13.2 Å². The Morgan fingerprint density at radius 3 is 2.44 bits per heavy atom. The van der Waals surface area contributed by atoms with Crippen LogP contribution in [0.3, 0.4) is 0 Å². The van der Waals surface area contributed by atoms with Gasteiger partial charge < -0.3 is 4.42 Å². The summed E-state index contributed by atoms with van der Waals surface area (Å²) in [4.78, 5) is 11.3. The van der Waals surface area contributed by atoms with Gasteiger partial charge in [0.25, 0.3) is 0 Å². The Morgan fingerprint density at radius 2 is 1.81 bits per heavy atom. The Kier molecular flexibility index (Phi) is 2.22. The molecule has 2 rings (SSSR count). The van der Waals surface area contributed by atoms with Gasteiger partial charge in [0.2, 0.25) is 5.76 Å². The second-order valence-electron chi connectivity index (χ2n) is 3.11. The molecule has 2 aromatic rings. The molecule has 0 unspecified atom stereocenters. The van der Waals surface area contributed by atoms with E-state index < -0.39 is 23.2 Å². The number of rotatable bonds is 0. The number of alkyl halides is 3. The lowest BCUT2D eigenvalue weighted by Crippen LogP contribution is -2.10. The molecule has 1 aromatic carbocycles. The van der Waals surface area contributed by atoms with Gasteiger partial charge in [-0.1, -0.05) is 0 Å². The Hall–Kier alpha value is -1.85. The fourth-order valence-corrected chi connectivity index (χ4v) is 1.27. The highest BCUT2D eigenvalue weighted by Gasteiger charge is 2.34. The van der Waals surface area contributed by atoms with E-state index in [2.05, 4.69) is 4.42 Å². The number of fused-ring (bicyclic) bond motifs is 1. The minimum atomic E-state index is -4.73. The van der Waals surface area contributed by atoms with Gasteiger partial charge in [-0.05, 0) is 18.2 Å². The van der Waals surface area contributed by atoms with Crippen molar-refractivity contribution in [1.82, 2.24) is 0 Å². The van der Waals surface area contributed by atoms with Crippen LogP contribution in [0.25, 0.3) is 11.0 Å². The molecule has 0 aliphatic heterocycles. The van der Waals surface area contributed by atoms with Gasteiger partial charge in [0.1, 0.15) is 11.4 Å². The van der Waals surface area contributed by atoms with E-state index in [9.17, 15) is 22.4 Å². The van der Waals surface area contributed by atoms with E-state index in [0.29, 0.717) is 6.07 Å². The first-order valence-corrected chi connectivity index (χ1v) is 4.18. The topological polar surface area (TPSA) is 30.2 Å². The second kappa shape index (κ2) is 3.33. The molecule has 2 nitrogen and oxygen atoms in total. The molecule has 0 saturated carbocycles. The average molecular weight is 232 g/mol. The lowest BCUT2D eigenvalue weighted by atomic mass is 10.2. The number of benzene rings is 1. The van der Waals surface area contributed by atoms with Crippen LogP contribution in [0.15, 0.2) is 33.5 Å². The molecule has 0 spiro atoms. The minimum Gasteiger partial charge on any atom is -0.451 e. The summed E-state index contributed by atoms with van der Waals surface area (Å²) in [5, 5.41) is -0.215. The van der Waals surface area contributed by atoms with Gasteiger partial charge in [0.05, 0.1) is 5.39 Å². The highest BCUT2D eigenvalue weighted by Crippen LogP contribution is 2.29. The third kappa shape index (κ3) is 1.78. The summed E-state index contributed by atoms with van der Waals surface area (Å²) in [6, 6.07) is 3.05. The normalized spacial score (nSPS) is 12.0. The molecule has 0 atom stereocenters. The molecule has 0 saturated heterocycles. The Bertz CT molecular complexity index is 598. The zero-order valence-corrected chi connectivity index (χ0v) is 7.64. The van der Waals surface area contributed by atoms with Crippen molar-refractivity contribution in [1.29, 1.82) is 0 Å². The van der Waals surface area contributed by atoms with E-state index in [4.69, 9.17) is 0 Å². The van der Waals surface area contributed by atoms with Gasteiger partial charge in [-0.25, -0.2) is 4.39 Å². The maximum absolute atomic E-state index is 12.7. The van der Waals surface area contributed by atoms with Crippen molar-refractivity contribution in [2.24, 2.45) is 0 Å². The molecule has 0 fully saturated rings. The van der Waals surface area contributed by atoms with Crippen molar-refractivity contribution in [3.63, 3.8) is 0 Å². The van der Waals surface area contributed by atoms with E-state index in [1.54, 1.807) is 0 Å². The van der Waals surface area contributed by atoms with Crippen LogP contribution in [0.1, 0.15) is 5.76 Å². The van der Waals surface area contributed by atoms with Crippen molar-refractivity contribution >= 4 is 11.0 Å². The first-order chi connectivity index (χ1) is 7.38. The van der Waals surface area contributed by atoms with Crippen LogP contribution in [0.5, 0.6) is 0 Å². The molecule has 0 radical (unpaired) electrons. The van der Waals surface area contributed by atoms with Crippen LogP contribution in [0, 0.1) is 5.82 Å². The standard InChI is InChI=1S/C10H4F4O2/c11-5-1-2-8-6(3-5)7(15)4-9(16-8)10(12,13)14/h1-4H. The lowest BCUT2D eigenvalue weighted by molar-refractivity contribution is -0.152. The first kappa shape index (κ1) is 10.7. The summed E-state index contributed by atoms with van der Waals surface area (Å²) in [6.07, 6.45) is -4.73. The van der Waals surface area contributed by atoms with Crippen LogP contribution in [-0.4, -0.2) is 0 Å². The predicted octanol–water partition coefficient (Wildman–Crippen LogP) is 2.95. The molecule has 16 heavy (non-hydrogen) atoms. The van der Waals surface area contributed by atoms with E-state index in [1.165, 1.54) is 0 Å². The summed E-state index contributed by atoms with van der Waals surface area (Å²) in [6.45, 7) is 0. The zero-order valence-electron chi connectivity index (χ0n) is 7.64. The smallest absolute Gasteiger partial charge is 0.449 e. The average Bonchev–Trinajstić information content (AvgIpc) is 2.17. The molecule has 6 heteroatoms. The molecule has 1 aromatic heterocycles. The SMILES string of the molecule is O=c1cc(C(F)(F)F)oc2ccc(F)cc12. The molecule has 0 aliphatic carbocycles. The van der Waals surface area contributed by atoms with E-state index in [0.717, 1.165) is 18.2 Å². The van der Waals surface area contributed by atoms with Gasteiger partial charge in [0.15, 0.2) is 5.43 Å². The van der Waals surface area contributed by atoms with E-state index in [-0.39, 0.29) is 11.0 Å². The van der Waals surface area contributed by atoms with Crippen LogP contribution in [0.4, 0.5) is 17.6 Å². The molecule has 0 bridgehead atoms. The molecular weight excluding hydrogens is 228 g/mol. The van der Waals surface area contributed by atoms with Crippen LogP contribution < -0.4 is 5.43 Å². The van der Waals surface area contributed by atoms with Gasteiger partial charge >= 0.3 is 6.18 Å².